The molecule has 4 heteroatoms. The molecule has 0 spiro atoms. The van der Waals surface area contributed by atoms with Gasteiger partial charge in [-0.25, -0.2) is 8.42 Å². The van der Waals surface area contributed by atoms with Crippen molar-refractivity contribution in [2.75, 3.05) is 7.05 Å². The maximum Gasteiger partial charge on any atom is 0.232 e. The summed E-state index contributed by atoms with van der Waals surface area (Å²) in [5, 5.41) is 0. The number of nitrogens with zero attached hydrogens (tertiary/aromatic N) is 1. The van der Waals surface area contributed by atoms with Gasteiger partial charge < -0.3 is 0 Å². The highest BCUT2D eigenvalue weighted by atomic mass is 32.2. The van der Waals surface area contributed by atoms with Gasteiger partial charge in [-0.15, -0.1) is 4.72 Å². The van der Waals surface area contributed by atoms with Gasteiger partial charge in [0, 0.05) is 7.05 Å². The van der Waals surface area contributed by atoms with Crippen LogP contribution in [0.1, 0.15) is 33.6 Å². The van der Waals surface area contributed by atoms with Crippen LogP contribution in [0.5, 0.6) is 0 Å². The molecule has 0 amide bonds. The van der Waals surface area contributed by atoms with E-state index < -0.39 is 14.8 Å². The predicted molar refractivity (Wildman–Crippen MR) is 46.0 cm³/mol. The van der Waals surface area contributed by atoms with E-state index in [-0.39, 0.29) is 0 Å². The lowest BCUT2D eigenvalue weighted by atomic mass is 10.1. The standard InChI is InChI=1S/C7H16NO2S/c1-5-6-7(2,3)11(9,10)8-4/h5-6H2,1-4H3. The van der Waals surface area contributed by atoms with E-state index in [1.165, 1.54) is 7.05 Å². The number of sulfonamides is 1. The molecule has 0 heterocycles. The molecule has 0 fully saturated rings. The van der Waals surface area contributed by atoms with Gasteiger partial charge in [0.05, 0.1) is 4.75 Å². The first kappa shape index (κ1) is 10.9. The van der Waals surface area contributed by atoms with E-state index >= 15 is 0 Å². The molecule has 0 saturated heterocycles. The Labute approximate surface area is 69.2 Å². The molecule has 0 rings (SSSR count). The predicted octanol–water partition coefficient (Wildman–Crippen LogP) is 1.13. The minimum Gasteiger partial charge on any atom is -0.210 e. The fourth-order valence-electron chi connectivity index (χ4n) is 0.978. The highest BCUT2D eigenvalue weighted by Gasteiger charge is 2.32. The zero-order chi connectivity index (χ0) is 9.12. The van der Waals surface area contributed by atoms with Gasteiger partial charge in [-0.2, -0.15) is 0 Å². The molecule has 0 aromatic carbocycles. The molecule has 67 valence electrons. The summed E-state index contributed by atoms with van der Waals surface area (Å²) in [6.45, 7) is 5.38. The molecule has 0 N–H and O–H groups in total. The minimum absolute atomic E-state index is 0.659. The summed E-state index contributed by atoms with van der Waals surface area (Å²) in [6.07, 6.45) is 1.52. The fraction of sp³-hybridized carbons (Fsp3) is 1.00. The molecule has 11 heavy (non-hydrogen) atoms. The van der Waals surface area contributed by atoms with Gasteiger partial charge in [-0.05, 0) is 20.3 Å². The van der Waals surface area contributed by atoms with E-state index in [2.05, 4.69) is 4.72 Å². The van der Waals surface area contributed by atoms with Crippen molar-refractivity contribution in [2.24, 2.45) is 0 Å². The summed E-state index contributed by atoms with van der Waals surface area (Å²) in [4.78, 5) is 0. The minimum atomic E-state index is -3.23. The maximum absolute atomic E-state index is 11.2. The summed E-state index contributed by atoms with van der Waals surface area (Å²) < 4.78 is 25.2. The van der Waals surface area contributed by atoms with Gasteiger partial charge in [0.2, 0.25) is 10.0 Å². The van der Waals surface area contributed by atoms with Crippen molar-refractivity contribution in [3.63, 3.8) is 0 Å². The molecule has 0 aliphatic carbocycles. The highest BCUT2D eigenvalue weighted by Crippen LogP contribution is 2.21. The zero-order valence-corrected chi connectivity index (χ0v) is 8.40. The second-order valence-corrected chi connectivity index (χ2v) is 5.59. The Morgan fingerprint density at radius 2 is 1.82 bits per heavy atom. The number of rotatable bonds is 4. The summed E-state index contributed by atoms with van der Waals surface area (Å²) >= 11 is 0. The van der Waals surface area contributed by atoms with Crippen LogP contribution in [0.15, 0.2) is 0 Å². The summed E-state index contributed by atoms with van der Waals surface area (Å²) in [5.74, 6) is 0. The largest absolute Gasteiger partial charge is 0.232 e. The Kier molecular flexibility index (Phi) is 3.51. The highest BCUT2D eigenvalue weighted by molar-refractivity contribution is 7.90. The Balaban J connectivity index is 4.55. The van der Waals surface area contributed by atoms with Crippen LogP contribution in [-0.2, 0) is 10.0 Å². The van der Waals surface area contributed by atoms with Gasteiger partial charge in [-0.3, -0.25) is 0 Å². The van der Waals surface area contributed by atoms with Crippen LogP contribution in [0, 0.1) is 0 Å². The average Bonchev–Trinajstić information content (AvgIpc) is 1.87. The van der Waals surface area contributed by atoms with Crippen molar-refractivity contribution in [3.05, 3.63) is 0 Å². The van der Waals surface area contributed by atoms with Gasteiger partial charge in [-0.1, -0.05) is 13.3 Å². The van der Waals surface area contributed by atoms with Gasteiger partial charge in [0.15, 0.2) is 0 Å². The third-order valence-electron chi connectivity index (χ3n) is 1.79. The monoisotopic (exact) mass is 178 g/mol. The van der Waals surface area contributed by atoms with Crippen LogP contribution in [-0.4, -0.2) is 20.2 Å². The molecule has 0 aromatic rings. The molecule has 0 aliphatic heterocycles. The Morgan fingerprint density at radius 1 is 1.36 bits per heavy atom. The summed E-state index contributed by atoms with van der Waals surface area (Å²) in [5.41, 5.74) is 0. The first-order valence-corrected chi connectivity index (χ1v) is 5.17. The molecular weight excluding hydrogens is 162 g/mol. The van der Waals surface area contributed by atoms with Crippen LogP contribution < -0.4 is 4.72 Å². The number of hydrogen-bond acceptors (Lipinski definition) is 2. The molecule has 1 radical (unpaired) electrons. The van der Waals surface area contributed by atoms with Gasteiger partial charge >= 0.3 is 0 Å². The van der Waals surface area contributed by atoms with Crippen LogP contribution in [0.2, 0.25) is 0 Å². The smallest absolute Gasteiger partial charge is 0.210 e. The molecule has 0 bridgehead atoms. The molecule has 3 nitrogen and oxygen atoms in total. The maximum atomic E-state index is 11.2. The van der Waals surface area contributed by atoms with E-state index in [9.17, 15) is 8.42 Å². The van der Waals surface area contributed by atoms with E-state index in [0.29, 0.717) is 6.42 Å². The Bertz CT molecular complexity index is 206. The molecule has 0 aliphatic rings. The quantitative estimate of drug-likeness (QED) is 0.648. The van der Waals surface area contributed by atoms with Crippen LogP contribution in [0.4, 0.5) is 0 Å². The second kappa shape index (κ2) is 3.54. The molecular formula is C7H16NO2S. The zero-order valence-electron chi connectivity index (χ0n) is 7.59. The van der Waals surface area contributed by atoms with E-state index in [4.69, 9.17) is 0 Å². The van der Waals surface area contributed by atoms with Crippen LogP contribution in [0.3, 0.4) is 0 Å². The van der Waals surface area contributed by atoms with Crippen LogP contribution in [0.25, 0.3) is 0 Å². The van der Waals surface area contributed by atoms with Gasteiger partial charge in [0.25, 0.3) is 0 Å². The van der Waals surface area contributed by atoms with E-state index in [1.54, 1.807) is 13.8 Å². The third-order valence-corrected chi connectivity index (χ3v) is 3.87. The van der Waals surface area contributed by atoms with Crippen molar-refractivity contribution >= 4 is 10.0 Å². The van der Waals surface area contributed by atoms with Crippen molar-refractivity contribution in [3.8, 4) is 0 Å². The molecule has 0 atom stereocenters. The Morgan fingerprint density at radius 3 is 2.09 bits per heavy atom. The lowest BCUT2D eigenvalue weighted by molar-refractivity contribution is 0.514. The summed E-state index contributed by atoms with van der Waals surface area (Å²) in [7, 11) is -1.91. The van der Waals surface area contributed by atoms with Crippen molar-refractivity contribution in [2.45, 2.75) is 38.4 Å². The normalized spacial score (nSPS) is 13.5. The molecule has 0 unspecified atom stereocenters. The SMILES string of the molecule is CCCC(C)(C)S(=O)(=O)[N]C. The third kappa shape index (κ3) is 2.45. The topological polar surface area (TPSA) is 48.2 Å². The fourth-order valence-corrected chi connectivity index (χ4v) is 1.93. The van der Waals surface area contributed by atoms with Crippen molar-refractivity contribution < 1.29 is 8.42 Å². The first-order valence-electron chi connectivity index (χ1n) is 3.73. The average molecular weight is 178 g/mol. The lowest BCUT2D eigenvalue weighted by Gasteiger charge is -2.21. The van der Waals surface area contributed by atoms with Crippen molar-refractivity contribution in [1.82, 2.24) is 4.72 Å². The first-order chi connectivity index (χ1) is 4.87. The molecule has 0 aromatic heterocycles. The number of hydrogen-bond donors (Lipinski definition) is 0. The molecule has 0 saturated carbocycles. The Hall–Kier alpha value is -0.0900. The van der Waals surface area contributed by atoms with Gasteiger partial charge in [0.1, 0.15) is 0 Å². The second-order valence-electron chi connectivity index (χ2n) is 3.17. The lowest BCUT2D eigenvalue weighted by Crippen LogP contribution is -2.36. The van der Waals surface area contributed by atoms with E-state index in [0.717, 1.165) is 6.42 Å². The van der Waals surface area contributed by atoms with E-state index in [1.807, 2.05) is 6.92 Å². The van der Waals surface area contributed by atoms with Crippen molar-refractivity contribution in [1.29, 1.82) is 0 Å². The summed E-state index contributed by atoms with van der Waals surface area (Å²) in [6, 6.07) is 0. The van der Waals surface area contributed by atoms with Crippen LogP contribution >= 0.6 is 0 Å².